The number of esters is 2. The van der Waals surface area contributed by atoms with Gasteiger partial charge in [-0.1, -0.05) is 37.3 Å². The fourth-order valence-corrected chi connectivity index (χ4v) is 5.06. The van der Waals surface area contributed by atoms with Crippen LogP contribution in [0.15, 0.2) is 53.9 Å². The highest BCUT2D eigenvalue weighted by Gasteiger charge is 2.25. The number of benzene rings is 2. The van der Waals surface area contributed by atoms with Gasteiger partial charge in [-0.05, 0) is 31.5 Å². The van der Waals surface area contributed by atoms with Crippen molar-refractivity contribution in [2.24, 2.45) is 0 Å². The van der Waals surface area contributed by atoms with Crippen LogP contribution in [0.2, 0.25) is 0 Å². The Kier molecular flexibility index (Phi) is 7.84. The largest absolute Gasteiger partial charge is 0.466 e. The summed E-state index contributed by atoms with van der Waals surface area (Å²) in [6, 6.07) is 14.8. The van der Waals surface area contributed by atoms with E-state index in [9.17, 15) is 14.4 Å². The van der Waals surface area contributed by atoms with Gasteiger partial charge in [-0.15, -0.1) is 22.7 Å². The molecule has 10 heteroatoms. The quantitative estimate of drug-likeness (QED) is 0.313. The third kappa shape index (κ3) is 5.90. The van der Waals surface area contributed by atoms with E-state index in [2.05, 4.69) is 15.3 Å². The maximum atomic E-state index is 13.1. The summed E-state index contributed by atoms with van der Waals surface area (Å²) in [5.41, 5.74) is 2.34. The summed E-state index contributed by atoms with van der Waals surface area (Å²) in [4.78, 5) is 46.4. The van der Waals surface area contributed by atoms with Crippen LogP contribution in [0.4, 0.5) is 5.13 Å². The second-order valence-electron chi connectivity index (χ2n) is 7.45. The fourth-order valence-electron chi connectivity index (χ4n) is 3.34. The predicted molar refractivity (Wildman–Crippen MR) is 136 cm³/mol. The van der Waals surface area contributed by atoms with Crippen molar-refractivity contribution in [3.05, 3.63) is 65.2 Å². The first kappa shape index (κ1) is 24.5. The molecule has 4 rings (SSSR count). The Bertz CT molecular complexity index is 1330. The van der Waals surface area contributed by atoms with Gasteiger partial charge in [0.25, 0.3) is 5.91 Å². The van der Waals surface area contributed by atoms with Crippen LogP contribution in [0.3, 0.4) is 0 Å². The number of ether oxygens (including phenoxy) is 2. The third-order valence-electron chi connectivity index (χ3n) is 5.00. The molecular weight excluding hydrogens is 486 g/mol. The van der Waals surface area contributed by atoms with E-state index in [0.717, 1.165) is 10.2 Å². The maximum absolute atomic E-state index is 13.1. The summed E-state index contributed by atoms with van der Waals surface area (Å²) >= 11 is 2.67. The Labute approximate surface area is 209 Å². The molecule has 0 saturated heterocycles. The van der Waals surface area contributed by atoms with Crippen molar-refractivity contribution in [3.63, 3.8) is 0 Å². The van der Waals surface area contributed by atoms with E-state index < -0.39 is 18.0 Å². The second-order valence-corrected chi connectivity index (χ2v) is 9.34. The highest BCUT2D eigenvalue weighted by molar-refractivity contribution is 7.21. The molecule has 1 unspecified atom stereocenters. The average molecular weight is 510 g/mol. The van der Waals surface area contributed by atoms with Gasteiger partial charge in [0.15, 0.2) is 11.2 Å². The standard InChI is InChI=1S/C25H23N3O5S2/c1-3-19(22(30)28-25-26-15(14-34-25)13-21(29)32-4-2)33-24(31)17-10-6-5-9-16(17)23-27-18-11-7-8-12-20(18)35-23/h5-12,14,19H,3-4,13H2,1-2H3,(H,26,28,30). The van der Waals surface area contributed by atoms with Gasteiger partial charge in [-0.3, -0.25) is 14.9 Å². The Hall–Kier alpha value is -3.63. The number of rotatable bonds is 9. The summed E-state index contributed by atoms with van der Waals surface area (Å²) in [7, 11) is 0. The molecule has 4 aromatic rings. The van der Waals surface area contributed by atoms with Crippen LogP contribution in [0.5, 0.6) is 0 Å². The molecular formula is C25H23N3O5S2. The molecule has 1 atom stereocenters. The fraction of sp³-hybridized carbons (Fsp3) is 0.240. The lowest BCUT2D eigenvalue weighted by atomic mass is 10.1. The number of thiazole rings is 2. The zero-order valence-corrected chi connectivity index (χ0v) is 20.8. The number of amides is 1. The molecule has 2 aromatic heterocycles. The highest BCUT2D eigenvalue weighted by Crippen LogP contribution is 2.32. The van der Waals surface area contributed by atoms with Gasteiger partial charge in [0.2, 0.25) is 0 Å². The topological polar surface area (TPSA) is 107 Å². The van der Waals surface area contributed by atoms with Crippen molar-refractivity contribution in [1.82, 2.24) is 9.97 Å². The van der Waals surface area contributed by atoms with Gasteiger partial charge in [-0.25, -0.2) is 14.8 Å². The van der Waals surface area contributed by atoms with Crippen LogP contribution in [0, 0.1) is 0 Å². The monoisotopic (exact) mass is 509 g/mol. The van der Waals surface area contributed by atoms with Crippen molar-refractivity contribution < 1.29 is 23.9 Å². The van der Waals surface area contributed by atoms with E-state index in [1.807, 2.05) is 36.4 Å². The summed E-state index contributed by atoms with van der Waals surface area (Å²) < 4.78 is 11.5. The van der Waals surface area contributed by atoms with E-state index in [1.54, 1.807) is 31.4 Å². The van der Waals surface area contributed by atoms with Crippen molar-refractivity contribution in [2.75, 3.05) is 11.9 Å². The van der Waals surface area contributed by atoms with Crippen LogP contribution < -0.4 is 5.32 Å². The second kappa shape index (κ2) is 11.2. The highest BCUT2D eigenvalue weighted by atomic mass is 32.1. The average Bonchev–Trinajstić information content (AvgIpc) is 3.49. The molecule has 0 bridgehead atoms. The summed E-state index contributed by atoms with van der Waals surface area (Å²) in [5, 5.41) is 5.36. The molecule has 1 amide bonds. The molecule has 0 radical (unpaired) electrons. The zero-order valence-electron chi connectivity index (χ0n) is 19.1. The Morgan fingerprint density at radius 1 is 1.03 bits per heavy atom. The summed E-state index contributed by atoms with van der Waals surface area (Å²) in [5.74, 6) is -1.48. The number of carbonyl (C=O) groups is 3. The van der Waals surface area contributed by atoms with E-state index in [-0.39, 0.29) is 25.4 Å². The molecule has 0 spiro atoms. The van der Waals surface area contributed by atoms with Crippen LogP contribution in [0.25, 0.3) is 20.8 Å². The first-order valence-corrected chi connectivity index (χ1v) is 12.7. The van der Waals surface area contributed by atoms with E-state index in [1.165, 1.54) is 22.7 Å². The summed E-state index contributed by atoms with van der Waals surface area (Å²) in [6.45, 7) is 3.78. The van der Waals surface area contributed by atoms with Gasteiger partial charge in [0.05, 0.1) is 34.5 Å². The minimum atomic E-state index is -1.01. The van der Waals surface area contributed by atoms with E-state index >= 15 is 0 Å². The lowest BCUT2D eigenvalue weighted by Gasteiger charge is -2.16. The Morgan fingerprint density at radius 2 is 1.80 bits per heavy atom. The molecule has 0 aliphatic carbocycles. The smallest absolute Gasteiger partial charge is 0.339 e. The molecule has 180 valence electrons. The number of fused-ring (bicyclic) bond motifs is 1. The first-order valence-electron chi connectivity index (χ1n) is 11.0. The van der Waals surface area contributed by atoms with E-state index in [4.69, 9.17) is 9.47 Å². The van der Waals surface area contributed by atoms with Gasteiger partial charge < -0.3 is 9.47 Å². The number of anilines is 1. The number of para-hydroxylation sites is 1. The minimum Gasteiger partial charge on any atom is -0.466 e. The molecule has 0 fully saturated rings. The third-order valence-corrected chi connectivity index (χ3v) is 6.87. The van der Waals surface area contributed by atoms with Crippen LogP contribution in [0.1, 0.15) is 36.3 Å². The van der Waals surface area contributed by atoms with Gasteiger partial charge >= 0.3 is 11.9 Å². The number of nitrogens with one attached hydrogen (secondary N) is 1. The lowest BCUT2D eigenvalue weighted by Crippen LogP contribution is -2.32. The number of aromatic nitrogens is 2. The lowest BCUT2D eigenvalue weighted by molar-refractivity contribution is -0.142. The predicted octanol–water partition coefficient (Wildman–Crippen LogP) is 5.10. The van der Waals surface area contributed by atoms with Crippen molar-refractivity contribution >= 4 is 55.9 Å². The van der Waals surface area contributed by atoms with Crippen molar-refractivity contribution in [3.8, 4) is 10.6 Å². The molecule has 2 heterocycles. The van der Waals surface area contributed by atoms with Gasteiger partial charge in [0, 0.05) is 10.9 Å². The molecule has 8 nitrogen and oxygen atoms in total. The van der Waals surface area contributed by atoms with Crippen LogP contribution >= 0.6 is 22.7 Å². The number of nitrogens with zero attached hydrogens (tertiary/aromatic N) is 2. The molecule has 1 N–H and O–H groups in total. The summed E-state index contributed by atoms with van der Waals surface area (Å²) in [6.07, 6.45) is -0.708. The maximum Gasteiger partial charge on any atom is 0.339 e. The van der Waals surface area contributed by atoms with Gasteiger partial charge in [-0.2, -0.15) is 0 Å². The Morgan fingerprint density at radius 3 is 2.57 bits per heavy atom. The number of hydrogen-bond donors (Lipinski definition) is 1. The molecule has 0 aliphatic heterocycles. The zero-order chi connectivity index (χ0) is 24.8. The minimum absolute atomic E-state index is 0.0228. The normalized spacial score (nSPS) is 11.7. The molecule has 2 aromatic carbocycles. The number of carbonyl (C=O) groups excluding carboxylic acids is 3. The first-order chi connectivity index (χ1) is 17.0. The molecule has 0 saturated carbocycles. The van der Waals surface area contributed by atoms with E-state index in [0.29, 0.717) is 27.0 Å². The van der Waals surface area contributed by atoms with Crippen LogP contribution in [-0.2, 0) is 25.5 Å². The number of hydrogen-bond acceptors (Lipinski definition) is 9. The van der Waals surface area contributed by atoms with Crippen molar-refractivity contribution in [2.45, 2.75) is 32.8 Å². The Balaban J connectivity index is 1.46. The SMILES string of the molecule is CCOC(=O)Cc1csc(NC(=O)C(CC)OC(=O)c2ccccc2-c2nc3ccccc3s2)n1. The van der Waals surface area contributed by atoms with Crippen molar-refractivity contribution in [1.29, 1.82) is 0 Å². The van der Waals surface area contributed by atoms with Crippen LogP contribution in [-0.4, -0.2) is 40.5 Å². The molecule has 35 heavy (non-hydrogen) atoms. The molecule has 0 aliphatic rings. The van der Waals surface area contributed by atoms with Gasteiger partial charge in [0.1, 0.15) is 5.01 Å².